The van der Waals surface area contributed by atoms with Crippen molar-refractivity contribution in [1.29, 1.82) is 0 Å². The first kappa shape index (κ1) is 19.2. The van der Waals surface area contributed by atoms with Crippen LogP contribution < -0.4 is 5.56 Å². The van der Waals surface area contributed by atoms with Crippen molar-refractivity contribution < 1.29 is 9.53 Å². The molecule has 0 N–H and O–H groups in total. The number of hydrogen-bond donors (Lipinski definition) is 0. The number of carbonyl (C=O) groups excluding carboxylic acids is 1. The number of hydrogen-bond acceptors (Lipinski definition) is 5. The van der Waals surface area contributed by atoms with Gasteiger partial charge in [-0.05, 0) is 18.2 Å². The predicted molar refractivity (Wildman–Crippen MR) is 113 cm³/mol. The van der Waals surface area contributed by atoms with Crippen LogP contribution in [0, 0.1) is 11.8 Å². The topological polar surface area (TPSA) is 79.0 Å². The van der Waals surface area contributed by atoms with E-state index < -0.39 is 5.97 Å². The van der Waals surface area contributed by atoms with Crippen LogP contribution in [0.15, 0.2) is 71.5 Å². The second-order valence-corrected chi connectivity index (χ2v) is 6.45. The van der Waals surface area contributed by atoms with Crippen molar-refractivity contribution in [3.8, 4) is 29.0 Å². The summed E-state index contributed by atoms with van der Waals surface area (Å²) in [6, 6.07) is 20.7. The van der Waals surface area contributed by atoms with Crippen molar-refractivity contribution in [2.45, 2.75) is 13.5 Å². The first-order valence-electron chi connectivity index (χ1n) is 9.34. The number of rotatable bonds is 4. The van der Waals surface area contributed by atoms with Gasteiger partial charge in [0.05, 0.1) is 11.0 Å². The van der Waals surface area contributed by atoms with Crippen LogP contribution in [-0.2, 0) is 16.1 Å². The number of aromatic nitrogens is 4. The second-order valence-electron chi connectivity index (χ2n) is 6.45. The summed E-state index contributed by atoms with van der Waals surface area (Å²) in [7, 11) is 0. The molecular weight excluding hydrogens is 380 g/mol. The van der Waals surface area contributed by atoms with Gasteiger partial charge in [-0.25, -0.2) is 9.67 Å². The van der Waals surface area contributed by atoms with E-state index in [1.807, 2.05) is 59.2 Å². The molecule has 4 aromatic rings. The zero-order valence-electron chi connectivity index (χ0n) is 16.3. The molecule has 0 fully saturated rings. The average molecular weight is 398 g/mol. The summed E-state index contributed by atoms with van der Waals surface area (Å²) in [6.07, 6.45) is 0. The summed E-state index contributed by atoms with van der Waals surface area (Å²) in [4.78, 5) is 27.8. The minimum absolute atomic E-state index is 0.0198. The lowest BCUT2D eigenvalue weighted by atomic mass is 10.2. The number of ether oxygens (including phenoxy) is 1. The maximum absolute atomic E-state index is 12.3. The Morgan fingerprint density at radius 1 is 1.00 bits per heavy atom. The maximum atomic E-state index is 12.3. The first-order chi connectivity index (χ1) is 14.6. The van der Waals surface area contributed by atoms with Gasteiger partial charge < -0.3 is 4.74 Å². The van der Waals surface area contributed by atoms with Crippen LogP contribution in [0.5, 0.6) is 0 Å². The third-order valence-electron chi connectivity index (χ3n) is 4.38. The number of imidazole rings is 1. The molecule has 0 aliphatic carbocycles. The quantitative estimate of drug-likeness (QED) is 0.390. The lowest BCUT2D eigenvalue weighted by molar-refractivity contribution is -0.139. The summed E-state index contributed by atoms with van der Waals surface area (Å²) < 4.78 is 7.97. The molecule has 2 heterocycles. The Bertz CT molecular complexity index is 1330. The number of fused-ring (bicyclic) bond motifs is 1. The first-order valence-corrected chi connectivity index (χ1v) is 9.34. The van der Waals surface area contributed by atoms with Crippen LogP contribution in [0.2, 0.25) is 0 Å². The molecule has 0 saturated carbocycles. The third-order valence-corrected chi connectivity index (χ3v) is 4.38. The Labute approximate surface area is 172 Å². The Hall–Kier alpha value is -4.18. The molecule has 30 heavy (non-hydrogen) atoms. The molecule has 2 aromatic carbocycles. The van der Waals surface area contributed by atoms with Crippen LogP contribution in [0.25, 0.3) is 28.2 Å². The van der Waals surface area contributed by atoms with Gasteiger partial charge in [-0.15, -0.1) is 0 Å². The Kier molecular flexibility index (Phi) is 5.39. The van der Waals surface area contributed by atoms with Gasteiger partial charge in [-0.3, -0.25) is 14.2 Å². The summed E-state index contributed by atoms with van der Waals surface area (Å²) in [5, 5.41) is 4.50. The van der Waals surface area contributed by atoms with E-state index in [1.165, 1.54) is 17.7 Å². The predicted octanol–water partition coefficient (Wildman–Crippen LogP) is 2.82. The fraction of sp³-hybridized carbons (Fsp3) is 0.130. The monoisotopic (exact) mass is 398 g/mol. The van der Waals surface area contributed by atoms with E-state index >= 15 is 0 Å². The number of benzene rings is 2. The van der Waals surface area contributed by atoms with Crippen molar-refractivity contribution in [2.24, 2.45) is 0 Å². The summed E-state index contributed by atoms with van der Waals surface area (Å²) in [6.45, 7) is 1.38. The van der Waals surface area contributed by atoms with Crippen LogP contribution in [0.1, 0.15) is 6.92 Å². The van der Waals surface area contributed by atoms with E-state index in [-0.39, 0.29) is 18.7 Å². The Morgan fingerprint density at radius 3 is 2.57 bits per heavy atom. The van der Waals surface area contributed by atoms with Crippen LogP contribution in [-0.4, -0.2) is 31.9 Å². The van der Waals surface area contributed by atoms with E-state index in [9.17, 15) is 9.59 Å². The average Bonchev–Trinajstić information content (AvgIpc) is 3.15. The lowest BCUT2D eigenvalue weighted by Gasteiger charge is -2.10. The molecule has 0 saturated heterocycles. The molecule has 0 amide bonds. The molecule has 0 atom stereocenters. The molecule has 0 radical (unpaired) electrons. The smallest absolute Gasteiger partial charge is 0.303 e. The van der Waals surface area contributed by atoms with Crippen molar-refractivity contribution in [1.82, 2.24) is 19.3 Å². The molecule has 7 nitrogen and oxygen atoms in total. The van der Waals surface area contributed by atoms with Crippen molar-refractivity contribution >= 4 is 17.0 Å². The number of carbonyl (C=O) groups is 1. The van der Waals surface area contributed by atoms with E-state index in [1.54, 1.807) is 6.07 Å². The van der Waals surface area contributed by atoms with Gasteiger partial charge in [-0.1, -0.05) is 54.3 Å². The number of nitrogens with zero attached hydrogens (tertiary/aromatic N) is 4. The Balaban J connectivity index is 1.77. The third kappa shape index (κ3) is 3.98. The van der Waals surface area contributed by atoms with E-state index in [4.69, 9.17) is 9.72 Å². The van der Waals surface area contributed by atoms with Crippen LogP contribution in [0.4, 0.5) is 0 Å². The van der Waals surface area contributed by atoms with Gasteiger partial charge in [0.25, 0.3) is 5.56 Å². The molecule has 0 spiro atoms. The normalized spacial score (nSPS) is 10.4. The van der Waals surface area contributed by atoms with E-state index in [2.05, 4.69) is 16.9 Å². The van der Waals surface area contributed by atoms with E-state index in [0.717, 1.165) is 22.4 Å². The minimum Gasteiger partial charge on any atom is -0.453 e. The highest BCUT2D eigenvalue weighted by atomic mass is 16.5. The fourth-order valence-corrected chi connectivity index (χ4v) is 3.03. The zero-order chi connectivity index (χ0) is 20.9. The summed E-state index contributed by atoms with van der Waals surface area (Å²) >= 11 is 0. The molecule has 7 heteroatoms. The fourth-order valence-electron chi connectivity index (χ4n) is 3.03. The number of esters is 1. The molecule has 0 unspecified atom stereocenters. The zero-order valence-corrected chi connectivity index (χ0v) is 16.3. The summed E-state index contributed by atoms with van der Waals surface area (Å²) in [5.41, 5.74) is 2.38. The highest BCUT2D eigenvalue weighted by molar-refractivity contribution is 5.82. The highest BCUT2D eigenvalue weighted by Crippen LogP contribution is 2.27. The maximum Gasteiger partial charge on any atom is 0.303 e. The van der Waals surface area contributed by atoms with E-state index in [0.29, 0.717) is 5.82 Å². The van der Waals surface area contributed by atoms with Crippen molar-refractivity contribution in [3.05, 3.63) is 77.1 Å². The Morgan fingerprint density at radius 2 is 1.77 bits per heavy atom. The molecular formula is C23H18N4O3. The standard InChI is InChI=1S/C23H18N4O3/c1-17(28)30-16-8-7-15-26-22(29)14-13-21(25-26)27-20-12-6-5-11-19(20)24-23(27)18-9-3-2-4-10-18/h2-6,9-14H,15-16H2,1H3. The second kappa shape index (κ2) is 8.45. The van der Waals surface area contributed by atoms with Crippen molar-refractivity contribution in [3.63, 3.8) is 0 Å². The molecule has 148 valence electrons. The number of para-hydroxylation sites is 2. The lowest BCUT2D eigenvalue weighted by Crippen LogP contribution is -2.23. The van der Waals surface area contributed by atoms with Gasteiger partial charge in [-0.2, -0.15) is 5.10 Å². The molecule has 0 bridgehead atoms. The molecule has 0 aliphatic rings. The van der Waals surface area contributed by atoms with Crippen LogP contribution >= 0.6 is 0 Å². The highest BCUT2D eigenvalue weighted by Gasteiger charge is 2.15. The largest absolute Gasteiger partial charge is 0.453 e. The van der Waals surface area contributed by atoms with Gasteiger partial charge >= 0.3 is 5.97 Å². The summed E-state index contributed by atoms with van der Waals surface area (Å²) in [5.74, 6) is 6.39. The minimum atomic E-state index is -0.401. The van der Waals surface area contributed by atoms with Gasteiger partial charge in [0.1, 0.15) is 12.4 Å². The molecule has 0 aliphatic heterocycles. The van der Waals surface area contributed by atoms with Gasteiger partial charge in [0.2, 0.25) is 0 Å². The molecule has 4 rings (SSSR count). The van der Waals surface area contributed by atoms with Crippen LogP contribution in [0.3, 0.4) is 0 Å². The SMILES string of the molecule is CC(=O)OCC#CCn1nc(-n2c(-c3ccccc3)nc3ccccc32)ccc1=O. The molecule has 2 aromatic heterocycles. The van der Waals surface area contributed by atoms with Gasteiger partial charge in [0, 0.05) is 18.6 Å². The van der Waals surface area contributed by atoms with Crippen molar-refractivity contribution in [2.75, 3.05) is 6.61 Å². The van der Waals surface area contributed by atoms with Gasteiger partial charge in [0.15, 0.2) is 12.4 Å².